The number of nitrogens with zero attached hydrogens (tertiary/aromatic N) is 5. The average molecular weight is 386 g/mol. The minimum absolute atomic E-state index is 0.546. The summed E-state index contributed by atoms with van der Waals surface area (Å²) in [6.07, 6.45) is 7.13. The zero-order valence-corrected chi connectivity index (χ0v) is 17.4. The molecule has 0 saturated carbocycles. The highest BCUT2D eigenvalue weighted by Gasteiger charge is 2.26. The summed E-state index contributed by atoms with van der Waals surface area (Å²) in [7, 11) is 2.15. The number of piperidine rings is 1. The molecule has 3 heterocycles. The number of hydrogen-bond acceptors (Lipinski definition) is 5. The van der Waals surface area contributed by atoms with E-state index < -0.39 is 0 Å². The Morgan fingerprint density at radius 1 is 0.926 bits per heavy atom. The lowest BCUT2D eigenvalue weighted by molar-refractivity contribution is 0.200. The van der Waals surface area contributed by atoms with Crippen molar-refractivity contribution in [3.63, 3.8) is 0 Å². The predicted octanol–water partition coefficient (Wildman–Crippen LogP) is 3.51. The van der Waals surface area contributed by atoms with Gasteiger partial charge in [0.05, 0.1) is 6.54 Å². The lowest BCUT2D eigenvalue weighted by atomic mass is 9.95. The van der Waals surface area contributed by atoms with Crippen LogP contribution in [0.1, 0.15) is 48.8 Å². The molecule has 5 nitrogen and oxygen atoms in total. The summed E-state index contributed by atoms with van der Waals surface area (Å²) in [5.74, 6) is 2.86. The van der Waals surface area contributed by atoms with Crippen LogP contribution in [0.25, 0.3) is 0 Å². The first-order valence-electron chi connectivity index (χ1n) is 10.2. The second kappa shape index (κ2) is 8.76. The van der Waals surface area contributed by atoms with Gasteiger partial charge in [-0.1, -0.05) is 12.1 Å². The molecule has 2 fully saturated rings. The first-order chi connectivity index (χ1) is 13.2. The molecule has 0 radical (unpaired) electrons. The molecule has 2 aromatic rings. The van der Waals surface area contributed by atoms with E-state index >= 15 is 0 Å². The van der Waals surface area contributed by atoms with Crippen LogP contribution in [0.5, 0.6) is 0 Å². The van der Waals surface area contributed by atoms with Gasteiger partial charge in [-0.3, -0.25) is 9.80 Å². The van der Waals surface area contributed by atoms with Gasteiger partial charge < -0.3 is 4.57 Å². The van der Waals surface area contributed by atoms with E-state index in [2.05, 4.69) is 62.1 Å². The molecule has 0 atom stereocenters. The van der Waals surface area contributed by atoms with E-state index in [1.807, 2.05) is 0 Å². The summed E-state index contributed by atoms with van der Waals surface area (Å²) in [5.41, 5.74) is 1.41. The predicted molar refractivity (Wildman–Crippen MR) is 111 cm³/mol. The summed E-state index contributed by atoms with van der Waals surface area (Å²) in [5, 5.41) is 9.09. The van der Waals surface area contributed by atoms with Crippen molar-refractivity contribution in [2.45, 2.75) is 49.6 Å². The fourth-order valence-corrected chi connectivity index (χ4v) is 4.76. The molecule has 1 aromatic heterocycles. The Morgan fingerprint density at radius 3 is 2.26 bits per heavy atom. The van der Waals surface area contributed by atoms with Crippen molar-refractivity contribution >= 4 is 11.8 Å². The van der Waals surface area contributed by atoms with Crippen LogP contribution in [0.15, 0.2) is 29.2 Å². The number of likely N-dealkylation sites (tertiary alicyclic amines) is 2. The maximum absolute atomic E-state index is 4.58. The van der Waals surface area contributed by atoms with Crippen molar-refractivity contribution in [1.82, 2.24) is 24.6 Å². The highest BCUT2D eigenvalue weighted by Crippen LogP contribution is 2.28. The standard InChI is InChI=1S/C21H31N5S/c1-24-20(16-25-11-3-4-12-25)22-23-21(24)18-9-13-26(14-10-18)15-17-5-7-19(27-2)8-6-17/h5-8,18H,3-4,9-16H2,1-2H3. The van der Waals surface area contributed by atoms with Crippen LogP contribution in [0.4, 0.5) is 0 Å². The number of hydrogen-bond donors (Lipinski definition) is 0. The van der Waals surface area contributed by atoms with Crippen molar-refractivity contribution in [2.75, 3.05) is 32.4 Å². The summed E-state index contributed by atoms with van der Waals surface area (Å²) in [6, 6.07) is 9.00. The van der Waals surface area contributed by atoms with Gasteiger partial charge >= 0.3 is 0 Å². The topological polar surface area (TPSA) is 37.2 Å². The summed E-state index contributed by atoms with van der Waals surface area (Å²) in [6.45, 7) is 6.71. The molecule has 27 heavy (non-hydrogen) atoms. The molecule has 2 aliphatic heterocycles. The Kier molecular flexibility index (Phi) is 6.15. The van der Waals surface area contributed by atoms with Crippen molar-refractivity contribution in [3.05, 3.63) is 41.5 Å². The van der Waals surface area contributed by atoms with E-state index in [0.717, 1.165) is 32.0 Å². The van der Waals surface area contributed by atoms with Crippen molar-refractivity contribution < 1.29 is 0 Å². The van der Waals surface area contributed by atoms with Crippen LogP contribution in [-0.4, -0.2) is 57.0 Å². The van der Waals surface area contributed by atoms with E-state index in [1.165, 1.54) is 55.1 Å². The van der Waals surface area contributed by atoms with Gasteiger partial charge in [-0.15, -0.1) is 22.0 Å². The molecule has 0 amide bonds. The maximum Gasteiger partial charge on any atom is 0.146 e. The van der Waals surface area contributed by atoms with Gasteiger partial charge in [0.15, 0.2) is 0 Å². The first kappa shape index (κ1) is 19.0. The van der Waals surface area contributed by atoms with E-state index in [0.29, 0.717) is 5.92 Å². The van der Waals surface area contributed by atoms with E-state index in [1.54, 1.807) is 11.8 Å². The van der Waals surface area contributed by atoms with Crippen LogP contribution in [0.3, 0.4) is 0 Å². The fraction of sp³-hybridized carbons (Fsp3) is 0.619. The zero-order valence-electron chi connectivity index (χ0n) is 16.6. The second-order valence-electron chi connectivity index (χ2n) is 7.92. The Labute approximate surface area is 167 Å². The normalized spacial score (nSPS) is 19.8. The number of benzene rings is 1. The highest BCUT2D eigenvalue weighted by atomic mass is 32.2. The molecule has 2 saturated heterocycles. The smallest absolute Gasteiger partial charge is 0.146 e. The molecule has 0 N–H and O–H groups in total. The summed E-state index contributed by atoms with van der Waals surface area (Å²) >= 11 is 1.80. The molecule has 146 valence electrons. The Bertz CT molecular complexity index is 728. The van der Waals surface area contributed by atoms with Crippen LogP contribution >= 0.6 is 11.8 Å². The highest BCUT2D eigenvalue weighted by molar-refractivity contribution is 7.98. The molecule has 0 spiro atoms. The van der Waals surface area contributed by atoms with Crippen molar-refractivity contribution in [1.29, 1.82) is 0 Å². The lowest BCUT2D eigenvalue weighted by Gasteiger charge is -2.31. The van der Waals surface area contributed by atoms with Gasteiger partial charge in [0.1, 0.15) is 11.6 Å². The largest absolute Gasteiger partial charge is 0.317 e. The Balaban J connectivity index is 1.31. The van der Waals surface area contributed by atoms with Crippen LogP contribution < -0.4 is 0 Å². The maximum atomic E-state index is 4.58. The van der Waals surface area contributed by atoms with Crippen LogP contribution in [-0.2, 0) is 20.1 Å². The van der Waals surface area contributed by atoms with Gasteiger partial charge in [-0.05, 0) is 75.8 Å². The molecular formula is C21H31N5S. The lowest BCUT2D eigenvalue weighted by Crippen LogP contribution is -2.33. The molecule has 6 heteroatoms. The third kappa shape index (κ3) is 4.55. The number of thioether (sulfide) groups is 1. The molecule has 0 aliphatic carbocycles. The summed E-state index contributed by atoms with van der Waals surface area (Å²) < 4.78 is 2.26. The Morgan fingerprint density at radius 2 is 1.59 bits per heavy atom. The van der Waals surface area contributed by atoms with Gasteiger partial charge in [0, 0.05) is 24.4 Å². The third-order valence-electron chi connectivity index (χ3n) is 6.08. The average Bonchev–Trinajstić information content (AvgIpc) is 3.34. The minimum Gasteiger partial charge on any atom is -0.317 e. The van der Waals surface area contributed by atoms with E-state index in [9.17, 15) is 0 Å². The second-order valence-corrected chi connectivity index (χ2v) is 8.79. The van der Waals surface area contributed by atoms with Crippen molar-refractivity contribution in [2.24, 2.45) is 7.05 Å². The van der Waals surface area contributed by atoms with Gasteiger partial charge in [-0.2, -0.15) is 0 Å². The third-order valence-corrected chi connectivity index (χ3v) is 6.82. The molecule has 4 rings (SSSR count). The molecule has 2 aliphatic rings. The Hall–Kier alpha value is -1.37. The van der Waals surface area contributed by atoms with Crippen LogP contribution in [0.2, 0.25) is 0 Å². The number of rotatable bonds is 6. The molecule has 0 bridgehead atoms. The van der Waals surface area contributed by atoms with E-state index in [-0.39, 0.29) is 0 Å². The quantitative estimate of drug-likeness (QED) is 0.711. The van der Waals surface area contributed by atoms with Gasteiger partial charge in [0.25, 0.3) is 0 Å². The zero-order chi connectivity index (χ0) is 18.6. The molecular weight excluding hydrogens is 354 g/mol. The molecule has 1 aromatic carbocycles. The monoisotopic (exact) mass is 385 g/mol. The van der Waals surface area contributed by atoms with Gasteiger partial charge in [0.2, 0.25) is 0 Å². The fourth-order valence-electron chi connectivity index (χ4n) is 4.35. The molecule has 0 unspecified atom stereocenters. The van der Waals surface area contributed by atoms with Gasteiger partial charge in [-0.25, -0.2) is 0 Å². The van der Waals surface area contributed by atoms with Crippen molar-refractivity contribution in [3.8, 4) is 0 Å². The van der Waals surface area contributed by atoms with E-state index in [4.69, 9.17) is 0 Å². The SMILES string of the molecule is CSc1ccc(CN2CCC(c3nnc(CN4CCCC4)n3C)CC2)cc1. The minimum atomic E-state index is 0.546. The van der Waals surface area contributed by atoms with Crippen LogP contribution in [0, 0.1) is 0 Å². The number of aromatic nitrogens is 3. The first-order valence-corrected chi connectivity index (χ1v) is 11.4. The summed E-state index contributed by atoms with van der Waals surface area (Å²) in [4.78, 5) is 6.41.